The summed E-state index contributed by atoms with van der Waals surface area (Å²) in [5, 5.41) is 4.28. The van der Waals surface area contributed by atoms with Gasteiger partial charge in [-0.3, -0.25) is 9.58 Å². The van der Waals surface area contributed by atoms with Crippen LogP contribution in [0, 0.1) is 0 Å². The highest BCUT2D eigenvalue weighted by atomic mass is 15.3. The van der Waals surface area contributed by atoms with Gasteiger partial charge < -0.3 is 4.57 Å². The molecule has 4 rings (SSSR count). The van der Waals surface area contributed by atoms with Crippen molar-refractivity contribution in [1.82, 2.24) is 19.2 Å². The predicted octanol–water partition coefficient (Wildman–Crippen LogP) is 2.87. The van der Waals surface area contributed by atoms with Crippen LogP contribution in [0.5, 0.6) is 0 Å². The SMILES string of the molecule is Cn1nccc1CCN1CCn2cccc2C1c1ccccc1. The molecule has 4 nitrogen and oxygen atoms in total. The molecule has 1 aliphatic rings. The molecule has 0 aliphatic carbocycles. The number of hydrogen-bond donors (Lipinski definition) is 0. The molecule has 4 heteroatoms. The summed E-state index contributed by atoms with van der Waals surface area (Å²) in [5.41, 5.74) is 4.06. The summed E-state index contributed by atoms with van der Waals surface area (Å²) in [4.78, 5) is 2.59. The van der Waals surface area contributed by atoms with Gasteiger partial charge in [-0.25, -0.2) is 0 Å². The van der Waals surface area contributed by atoms with E-state index in [1.165, 1.54) is 17.0 Å². The first-order valence-corrected chi connectivity index (χ1v) is 8.24. The van der Waals surface area contributed by atoms with E-state index in [-0.39, 0.29) is 0 Å². The van der Waals surface area contributed by atoms with Crippen molar-refractivity contribution in [1.29, 1.82) is 0 Å². The van der Waals surface area contributed by atoms with E-state index in [0.29, 0.717) is 6.04 Å². The highest BCUT2D eigenvalue weighted by molar-refractivity contribution is 5.30. The second-order valence-corrected chi connectivity index (χ2v) is 6.17. The third-order valence-electron chi connectivity index (χ3n) is 4.83. The van der Waals surface area contributed by atoms with Gasteiger partial charge >= 0.3 is 0 Å². The van der Waals surface area contributed by atoms with Gasteiger partial charge in [-0.1, -0.05) is 30.3 Å². The molecule has 1 aliphatic heterocycles. The van der Waals surface area contributed by atoms with Crippen LogP contribution < -0.4 is 0 Å². The van der Waals surface area contributed by atoms with Crippen LogP contribution in [0.25, 0.3) is 0 Å². The molecule has 0 spiro atoms. The molecule has 2 aromatic heterocycles. The first-order valence-electron chi connectivity index (χ1n) is 8.24. The summed E-state index contributed by atoms with van der Waals surface area (Å²) in [7, 11) is 2.02. The molecule has 0 bridgehead atoms. The number of aryl methyl sites for hydroxylation is 1. The van der Waals surface area contributed by atoms with Crippen molar-refractivity contribution in [2.24, 2.45) is 7.05 Å². The van der Waals surface area contributed by atoms with Crippen molar-refractivity contribution in [3.63, 3.8) is 0 Å². The molecule has 0 fully saturated rings. The normalized spacial score (nSPS) is 18.0. The fourth-order valence-corrected chi connectivity index (χ4v) is 3.59. The molecular formula is C19H22N4. The lowest BCUT2D eigenvalue weighted by Crippen LogP contribution is -2.39. The summed E-state index contributed by atoms with van der Waals surface area (Å²) >= 11 is 0. The lowest BCUT2D eigenvalue weighted by Gasteiger charge is -2.37. The van der Waals surface area contributed by atoms with E-state index in [2.05, 4.69) is 69.3 Å². The standard InChI is InChI=1S/C19H22N4/c1-21-17(9-11-20-21)10-13-23-15-14-22-12-5-8-18(22)19(23)16-6-3-2-4-7-16/h2-9,11-12,19H,10,13-15H2,1H3. The lowest BCUT2D eigenvalue weighted by molar-refractivity contribution is 0.184. The Labute approximate surface area is 137 Å². The van der Waals surface area contributed by atoms with Gasteiger partial charge in [0.1, 0.15) is 0 Å². The van der Waals surface area contributed by atoms with Gasteiger partial charge in [0.25, 0.3) is 0 Å². The van der Waals surface area contributed by atoms with Crippen molar-refractivity contribution in [3.8, 4) is 0 Å². The van der Waals surface area contributed by atoms with Crippen LogP contribution in [0.15, 0.2) is 60.9 Å². The Hall–Kier alpha value is -2.33. The molecule has 3 aromatic rings. The van der Waals surface area contributed by atoms with Gasteiger partial charge in [-0.15, -0.1) is 0 Å². The van der Waals surface area contributed by atoms with Gasteiger partial charge in [0, 0.05) is 56.9 Å². The van der Waals surface area contributed by atoms with Crippen LogP contribution in [-0.4, -0.2) is 32.3 Å². The van der Waals surface area contributed by atoms with E-state index < -0.39 is 0 Å². The van der Waals surface area contributed by atoms with E-state index in [1.54, 1.807) is 0 Å². The Morgan fingerprint density at radius 2 is 1.91 bits per heavy atom. The average molecular weight is 306 g/mol. The number of nitrogens with zero attached hydrogens (tertiary/aromatic N) is 4. The van der Waals surface area contributed by atoms with Crippen LogP contribution in [0.3, 0.4) is 0 Å². The molecule has 23 heavy (non-hydrogen) atoms. The average Bonchev–Trinajstić information content (AvgIpc) is 3.21. The zero-order valence-electron chi connectivity index (χ0n) is 13.5. The zero-order valence-corrected chi connectivity index (χ0v) is 13.5. The minimum atomic E-state index is 0.341. The topological polar surface area (TPSA) is 26.0 Å². The van der Waals surface area contributed by atoms with Crippen LogP contribution in [0.2, 0.25) is 0 Å². The fraction of sp³-hybridized carbons (Fsp3) is 0.316. The van der Waals surface area contributed by atoms with Crippen molar-refractivity contribution < 1.29 is 0 Å². The van der Waals surface area contributed by atoms with Crippen molar-refractivity contribution >= 4 is 0 Å². The molecule has 0 saturated heterocycles. The third-order valence-corrected chi connectivity index (χ3v) is 4.83. The molecule has 0 amide bonds. The molecule has 1 aromatic carbocycles. The molecule has 118 valence electrons. The van der Waals surface area contributed by atoms with E-state index in [0.717, 1.165) is 26.1 Å². The first kappa shape index (κ1) is 14.3. The van der Waals surface area contributed by atoms with Gasteiger partial charge in [0.15, 0.2) is 0 Å². The van der Waals surface area contributed by atoms with Crippen molar-refractivity contribution in [3.05, 3.63) is 77.9 Å². The number of rotatable bonds is 4. The predicted molar refractivity (Wildman–Crippen MR) is 91.2 cm³/mol. The maximum Gasteiger partial charge on any atom is 0.0756 e. The number of hydrogen-bond acceptors (Lipinski definition) is 2. The zero-order chi connectivity index (χ0) is 15.6. The highest BCUT2D eigenvalue weighted by Gasteiger charge is 2.28. The summed E-state index contributed by atoms with van der Waals surface area (Å²) in [6, 6.07) is 17.7. The molecule has 3 heterocycles. The Kier molecular flexibility index (Phi) is 3.75. The molecular weight excluding hydrogens is 284 g/mol. The maximum atomic E-state index is 4.28. The second-order valence-electron chi connectivity index (χ2n) is 6.17. The van der Waals surface area contributed by atoms with E-state index >= 15 is 0 Å². The number of aromatic nitrogens is 3. The van der Waals surface area contributed by atoms with Crippen molar-refractivity contribution in [2.45, 2.75) is 19.0 Å². The summed E-state index contributed by atoms with van der Waals surface area (Å²) < 4.78 is 4.36. The number of fused-ring (bicyclic) bond motifs is 1. The number of benzene rings is 1. The van der Waals surface area contributed by atoms with Gasteiger partial charge in [-0.2, -0.15) is 5.10 Å². The molecule has 1 atom stereocenters. The summed E-state index contributed by atoms with van der Waals surface area (Å²) in [5.74, 6) is 0. The van der Waals surface area contributed by atoms with Crippen molar-refractivity contribution in [2.75, 3.05) is 13.1 Å². The van der Waals surface area contributed by atoms with E-state index in [1.807, 2.05) is 17.9 Å². The third kappa shape index (κ3) is 2.70. The summed E-state index contributed by atoms with van der Waals surface area (Å²) in [6.07, 6.45) is 5.11. The van der Waals surface area contributed by atoms with Crippen LogP contribution in [-0.2, 0) is 20.0 Å². The van der Waals surface area contributed by atoms with Gasteiger partial charge in [0.2, 0.25) is 0 Å². The Bertz CT molecular complexity index is 772. The maximum absolute atomic E-state index is 4.28. The van der Waals surface area contributed by atoms with Gasteiger partial charge in [0.05, 0.1) is 6.04 Å². The Balaban J connectivity index is 1.61. The molecule has 1 unspecified atom stereocenters. The Morgan fingerprint density at radius 3 is 2.70 bits per heavy atom. The molecule has 0 saturated carbocycles. The highest BCUT2D eigenvalue weighted by Crippen LogP contribution is 2.32. The van der Waals surface area contributed by atoms with Crippen LogP contribution in [0.4, 0.5) is 0 Å². The smallest absolute Gasteiger partial charge is 0.0756 e. The van der Waals surface area contributed by atoms with Crippen LogP contribution >= 0.6 is 0 Å². The Morgan fingerprint density at radius 1 is 1.04 bits per heavy atom. The molecule has 0 radical (unpaired) electrons. The minimum Gasteiger partial charge on any atom is -0.348 e. The van der Waals surface area contributed by atoms with E-state index in [9.17, 15) is 0 Å². The van der Waals surface area contributed by atoms with E-state index in [4.69, 9.17) is 0 Å². The fourth-order valence-electron chi connectivity index (χ4n) is 3.59. The lowest BCUT2D eigenvalue weighted by atomic mass is 9.99. The largest absolute Gasteiger partial charge is 0.348 e. The minimum absolute atomic E-state index is 0.341. The van der Waals surface area contributed by atoms with Crippen LogP contribution in [0.1, 0.15) is 23.0 Å². The monoisotopic (exact) mass is 306 g/mol. The second kappa shape index (κ2) is 6.05. The van der Waals surface area contributed by atoms with Gasteiger partial charge in [-0.05, 0) is 23.8 Å². The summed E-state index contributed by atoms with van der Waals surface area (Å²) in [6.45, 7) is 3.19. The molecule has 0 N–H and O–H groups in total. The quantitative estimate of drug-likeness (QED) is 0.741. The first-order chi connectivity index (χ1) is 11.3.